The normalized spacial score (nSPS) is 18.2. The highest BCUT2D eigenvalue weighted by atomic mass is 32.2. The van der Waals surface area contributed by atoms with Crippen molar-refractivity contribution in [1.29, 1.82) is 0 Å². The molecule has 0 bridgehead atoms. The number of sulfone groups is 1. The van der Waals surface area contributed by atoms with Gasteiger partial charge in [0, 0.05) is 18.7 Å². The maximum atomic E-state index is 12.8. The van der Waals surface area contributed by atoms with E-state index in [1.807, 2.05) is 0 Å². The lowest BCUT2D eigenvalue weighted by molar-refractivity contribution is -0.137. The van der Waals surface area contributed by atoms with Crippen LogP contribution in [0.2, 0.25) is 0 Å². The predicted molar refractivity (Wildman–Crippen MR) is 99.3 cm³/mol. The SMILES string of the molecule is CN(C(=O)COC(=O)c1ccc(-c2cccc(C(F)(F)F)c2)o1)C1CCS(=O)(=O)C1. The lowest BCUT2D eigenvalue weighted by atomic mass is 10.1. The molecule has 1 amide bonds. The Morgan fingerprint density at radius 1 is 1.23 bits per heavy atom. The molecule has 1 aromatic heterocycles. The van der Waals surface area contributed by atoms with E-state index in [9.17, 15) is 31.2 Å². The van der Waals surface area contributed by atoms with Gasteiger partial charge >= 0.3 is 12.1 Å². The summed E-state index contributed by atoms with van der Waals surface area (Å²) in [5.74, 6) is -1.92. The van der Waals surface area contributed by atoms with Crippen LogP contribution >= 0.6 is 0 Å². The molecule has 1 aromatic carbocycles. The predicted octanol–water partition coefficient (Wildman–Crippen LogP) is 2.77. The quantitative estimate of drug-likeness (QED) is 0.657. The molecule has 1 aliphatic heterocycles. The molecule has 1 unspecified atom stereocenters. The summed E-state index contributed by atoms with van der Waals surface area (Å²) < 4.78 is 71.7. The van der Waals surface area contributed by atoms with Crippen molar-refractivity contribution in [2.24, 2.45) is 0 Å². The number of nitrogens with zero attached hydrogens (tertiary/aromatic N) is 1. The molecule has 0 spiro atoms. The van der Waals surface area contributed by atoms with Gasteiger partial charge in [0.1, 0.15) is 5.76 Å². The van der Waals surface area contributed by atoms with Crippen molar-refractivity contribution in [2.45, 2.75) is 18.6 Å². The lowest BCUT2D eigenvalue weighted by Crippen LogP contribution is -2.40. The van der Waals surface area contributed by atoms with Crippen molar-refractivity contribution in [3.8, 4) is 11.3 Å². The largest absolute Gasteiger partial charge is 0.450 e. The summed E-state index contributed by atoms with van der Waals surface area (Å²) in [5.41, 5.74) is -0.731. The number of esters is 1. The van der Waals surface area contributed by atoms with E-state index in [0.29, 0.717) is 6.42 Å². The zero-order valence-electron chi connectivity index (χ0n) is 15.8. The maximum Gasteiger partial charge on any atom is 0.416 e. The minimum atomic E-state index is -4.52. The Kier molecular flexibility index (Phi) is 5.93. The van der Waals surface area contributed by atoms with Crippen LogP contribution < -0.4 is 0 Å². The van der Waals surface area contributed by atoms with E-state index in [4.69, 9.17) is 9.15 Å². The number of carbonyl (C=O) groups is 2. The second-order valence-corrected chi connectivity index (χ2v) is 9.11. The number of ether oxygens (including phenoxy) is 1. The molecule has 11 heteroatoms. The Morgan fingerprint density at radius 2 is 1.97 bits per heavy atom. The number of hydrogen-bond acceptors (Lipinski definition) is 6. The molecule has 0 radical (unpaired) electrons. The van der Waals surface area contributed by atoms with Crippen LogP contribution in [0, 0.1) is 0 Å². The van der Waals surface area contributed by atoms with Gasteiger partial charge in [-0.15, -0.1) is 0 Å². The molecule has 2 aromatic rings. The fourth-order valence-corrected chi connectivity index (χ4v) is 4.81. The average molecular weight is 445 g/mol. The van der Waals surface area contributed by atoms with Crippen LogP contribution in [0.1, 0.15) is 22.5 Å². The van der Waals surface area contributed by atoms with Crippen LogP contribution in [0.5, 0.6) is 0 Å². The first-order chi connectivity index (χ1) is 14.0. The number of carbonyl (C=O) groups excluding carboxylic acids is 2. The monoisotopic (exact) mass is 445 g/mol. The zero-order valence-corrected chi connectivity index (χ0v) is 16.6. The summed E-state index contributed by atoms with van der Waals surface area (Å²) in [5, 5.41) is 0. The fraction of sp³-hybridized carbons (Fsp3) is 0.368. The number of halogens is 3. The molecule has 2 heterocycles. The Bertz CT molecular complexity index is 1060. The molecule has 1 fully saturated rings. The smallest absolute Gasteiger partial charge is 0.416 e. The highest BCUT2D eigenvalue weighted by molar-refractivity contribution is 7.91. The van der Waals surface area contributed by atoms with E-state index in [1.165, 1.54) is 36.2 Å². The van der Waals surface area contributed by atoms with E-state index >= 15 is 0 Å². The number of furan rings is 1. The van der Waals surface area contributed by atoms with Gasteiger partial charge in [-0.25, -0.2) is 13.2 Å². The first-order valence-corrected chi connectivity index (χ1v) is 10.7. The van der Waals surface area contributed by atoms with Crippen molar-refractivity contribution >= 4 is 21.7 Å². The van der Waals surface area contributed by atoms with Gasteiger partial charge < -0.3 is 14.1 Å². The van der Waals surface area contributed by atoms with Gasteiger partial charge in [0.2, 0.25) is 5.76 Å². The van der Waals surface area contributed by atoms with Gasteiger partial charge in [-0.2, -0.15) is 13.2 Å². The number of rotatable bonds is 5. The van der Waals surface area contributed by atoms with E-state index in [-0.39, 0.29) is 28.6 Å². The van der Waals surface area contributed by atoms with Crippen molar-refractivity contribution in [1.82, 2.24) is 4.90 Å². The van der Waals surface area contributed by atoms with Crippen LogP contribution in [-0.4, -0.2) is 56.4 Å². The third-order valence-electron chi connectivity index (χ3n) is 4.76. The van der Waals surface area contributed by atoms with E-state index in [2.05, 4.69) is 0 Å². The van der Waals surface area contributed by atoms with E-state index < -0.39 is 46.1 Å². The minimum absolute atomic E-state index is 0.000213. The third kappa shape index (κ3) is 5.02. The molecular formula is C19H18F3NO6S. The van der Waals surface area contributed by atoms with Gasteiger partial charge in [-0.1, -0.05) is 12.1 Å². The van der Waals surface area contributed by atoms with Crippen LogP contribution in [0.25, 0.3) is 11.3 Å². The standard InChI is InChI=1S/C19H18F3NO6S/c1-23(14-7-8-30(26,27)11-14)17(24)10-28-18(25)16-6-5-15(29-16)12-3-2-4-13(9-12)19(20,21)22/h2-6,9,14H,7-8,10-11H2,1H3. The highest BCUT2D eigenvalue weighted by Crippen LogP contribution is 2.32. The van der Waals surface area contributed by atoms with Crippen LogP contribution in [0.4, 0.5) is 13.2 Å². The molecule has 30 heavy (non-hydrogen) atoms. The second-order valence-electron chi connectivity index (χ2n) is 6.88. The van der Waals surface area contributed by atoms with E-state index in [0.717, 1.165) is 12.1 Å². The molecule has 1 aliphatic rings. The number of alkyl halides is 3. The molecule has 1 atom stereocenters. The summed E-state index contributed by atoms with van der Waals surface area (Å²) >= 11 is 0. The van der Waals surface area contributed by atoms with Crippen LogP contribution in [0.3, 0.4) is 0 Å². The number of amides is 1. The molecule has 3 rings (SSSR count). The van der Waals surface area contributed by atoms with Crippen molar-refractivity contribution in [3.63, 3.8) is 0 Å². The summed E-state index contributed by atoms with van der Waals surface area (Å²) in [6.45, 7) is -0.620. The summed E-state index contributed by atoms with van der Waals surface area (Å²) in [6, 6.07) is 6.51. The first-order valence-electron chi connectivity index (χ1n) is 8.87. The van der Waals surface area contributed by atoms with Crippen LogP contribution in [0.15, 0.2) is 40.8 Å². The molecule has 0 saturated carbocycles. The second kappa shape index (κ2) is 8.13. The first kappa shape index (κ1) is 21.9. The highest BCUT2D eigenvalue weighted by Gasteiger charge is 2.33. The molecule has 0 N–H and O–H groups in total. The summed E-state index contributed by atoms with van der Waals surface area (Å²) in [7, 11) is -1.74. The molecule has 0 aliphatic carbocycles. The number of likely N-dealkylation sites (N-methyl/N-ethyl adjacent to an activating group) is 1. The Hall–Kier alpha value is -2.82. The van der Waals surface area contributed by atoms with Gasteiger partial charge in [0.05, 0.1) is 17.1 Å². The number of hydrogen-bond donors (Lipinski definition) is 0. The maximum absolute atomic E-state index is 12.8. The Morgan fingerprint density at radius 3 is 2.60 bits per heavy atom. The lowest BCUT2D eigenvalue weighted by Gasteiger charge is -2.22. The van der Waals surface area contributed by atoms with Crippen molar-refractivity contribution < 1.29 is 40.3 Å². The van der Waals surface area contributed by atoms with Crippen molar-refractivity contribution in [3.05, 3.63) is 47.7 Å². The minimum Gasteiger partial charge on any atom is -0.450 e. The topological polar surface area (TPSA) is 93.9 Å². The van der Waals surface area contributed by atoms with Gasteiger partial charge in [-0.3, -0.25) is 4.79 Å². The zero-order chi connectivity index (χ0) is 22.1. The fourth-order valence-electron chi connectivity index (χ4n) is 3.04. The summed E-state index contributed by atoms with van der Waals surface area (Å²) in [6.07, 6.45) is -4.20. The third-order valence-corrected chi connectivity index (χ3v) is 6.51. The van der Waals surface area contributed by atoms with Crippen molar-refractivity contribution in [2.75, 3.05) is 25.2 Å². The van der Waals surface area contributed by atoms with Gasteiger partial charge in [0.15, 0.2) is 16.4 Å². The van der Waals surface area contributed by atoms with Crippen LogP contribution in [-0.2, 0) is 25.5 Å². The molecule has 7 nitrogen and oxygen atoms in total. The molecular weight excluding hydrogens is 427 g/mol. The van der Waals surface area contributed by atoms with E-state index in [1.54, 1.807) is 0 Å². The Balaban J connectivity index is 1.61. The average Bonchev–Trinajstić information content (AvgIpc) is 3.31. The van der Waals surface area contributed by atoms with Gasteiger partial charge in [-0.05, 0) is 30.7 Å². The number of benzene rings is 1. The molecule has 1 saturated heterocycles. The Labute approximate surface area is 170 Å². The molecule has 162 valence electrons. The summed E-state index contributed by atoms with van der Waals surface area (Å²) in [4.78, 5) is 25.5. The van der Waals surface area contributed by atoms with Gasteiger partial charge in [0.25, 0.3) is 5.91 Å².